The highest BCUT2D eigenvalue weighted by molar-refractivity contribution is 9.10. The van der Waals surface area contributed by atoms with Gasteiger partial charge in [0.05, 0.1) is 14.9 Å². The van der Waals surface area contributed by atoms with Crippen molar-refractivity contribution in [3.8, 4) is 0 Å². The molecule has 172 valence electrons. The molecule has 1 saturated carbocycles. The molecule has 4 aromatic rings. The molecule has 1 aliphatic carbocycles. The summed E-state index contributed by atoms with van der Waals surface area (Å²) in [4.78, 5) is 22.6. The van der Waals surface area contributed by atoms with E-state index in [0.717, 1.165) is 16.8 Å². The van der Waals surface area contributed by atoms with Crippen molar-refractivity contribution in [2.75, 3.05) is 0 Å². The smallest absolute Gasteiger partial charge is 0.328 e. The lowest BCUT2D eigenvalue weighted by molar-refractivity contribution is 0.323. The van der Waals surface area contributed by atoms with Gasteiger partial charge < -0.3 is 5.73 Å². The van der Waals surface area contributed by atoms with Gasteiger partial charge >= 0.3 is 5.69 Å². The van der Waals surface area contributed by atoms with Crippen molar-refractivity contribution in [1.29, 1.82) is 0 Å². The molecule has 2 N–H and O–H groups in total. The molecule has 0 aliphatic heterocycles. The van der Waals surface area contributed by atoms with Crippen LogP contribution in [0.3, 0.4) is 0 Å². The van der Waals surface area contributed by atoms with Crippen LogP contribution in [0.25, 0.3) is 22.1 Å². The normalized spacial score (nSPS) is 19.4. The Kier molecular flexibility index (Phi) is 5.77. The lowest BCUT2D eigenvalue weighted by atomic mass is 9.91. The predicted octanol–water partition coefficient (Wildman–Crippen LogP) is 4.49. The zero-order chi connectivity index (χ0) is 23.5. The summed E-state index contributed by atoms with van der Waals surface area (Å²) in [5.41, 5.74) is 6.24. The van der Waals surface area contributed by atoms with Crippen molar-refractivity contribution in [3.63, 3.8) is 0 Å². The maximum absolute atomic E-state index is 13.8. The number of nitrogens with zero attached hydrogens (tertiary/aromatic N) is 4. The fourth-order valence-electron chi connectivity index (χ4n) is 4.38. The van der Waals surface area contributed by atoms with Crippen LogP contribution in [0.2, 0.25) is 10.0 Å². The van der Waals surface area contributed by atoms with Crippen molar-refractivity contribution in [2.45, 2.75) is 42.7 Å². The molecule has 0 unspecified atom stereocenters. The minimum Gasteiger partial charge on any atom is -0.328 e. The summed E-state index contributed by atoms with van der Waals surface area (Å²) in [5, 5.41) is 0.951. The highest BCUT2D eigenvalue weighted by atomic mass is 79.9. The zero-order valence-corrected chi connectivity index (χ0v) is 21.0. The summed E-state index contributed by atoms with van der Waals surface area (Å²) >= 11 is 15.5. The summed E-state index contributed by atoms with van der Waals surface area (Å²) in [7, 11) is -4.35. The number of hydrogen-bond donors (Lipinski definition) is 1. The molecule has 1 aliphatic rings. The Morgan fingerprint density at radius 2 is 1.82 bits per heavy atom. The highest BCUT2D eigenvalue weighted by Gasteiger charge is 2.32. The number of rotatable bonds is 3. The third-order valence-corrected chi connectivity index (χ3v) is 9.02. The lowest BCUT2D eigenvalue weighted by Crippen LogP contribution is -2.35. The monoisotopic (exact) mass is 569 g/mol. The SMILES string of the molecule is NC1CCC(n2c(=O)n(S(=O)(=O)c3ccc(Cl)c(Cl)c3)c3nc(Br)c4cccnc4c32)CC1. The largest absolute Gasteiger partial charge is 0.344 e. The molecule has 3 aromatic heterocycles. The Hall–Kier alpha value is -1.98. The van der Waals surface area contributed by atoms with E-state index in [1.165, 1.54) is 22.8 Å². The van der Waals surface area contributed by atoms with E-state index in [1.807, 2.05) is 6.07 Å². The number of pyridine rings is 2. The molecule has 0 bridgehead atoms. The minimum absolute atomic E-state index is 0.000908. The Morgan fingerprint density at radius 3 is 2.52 bits per heavy atom. The maximum atomic E-state index is 13.8. The van der Waals surface area contributed by atoms with Crippen LogP contribution in [0.5, 0.6) is 0 Å². The van der Waals surface area contributed by atoms with Crippen molar-refractivity contribution in [1.82, 2.24) is 18.5 Å². The van der Waals surface area contributed by atoms with E-state index in [2.05, 4.69) is 25.9 Å². The second kappa shape index (κ2) is 8.35. The zero-order valence-electron chi connectivity index (χ0n) is 17.1. The van der Waals surface area contributed by atoms with Crippen molar-refractivity contribution < 1.29 is 8.42 Å². The number of aromatic nitrogens is 4. The van der Waals surface area contributed by atoms with Gasteiger partial charge in [-0.05, 0) is 71.9 Å². The summed E-state index contributed by atoms with van der Waals surface area (Å²) in [6.07, 6.45) is 4.37. The third-order valence-electron chi connectivity index (χ3n) is 6.02. The van der Waals surface area contributed by atoms with Crippen LogP contribution in [0.4, 0.5) is 0 Å². The van der Waals surface area contributed by atoms with E-state index in [0.29, 0.717) is 33.9 Å². The second-order valence-electron chi connectivity index (χ2n) is 8.04. The van der Waals surface area contributed by atoms with Gasteiger partial charge in [-0.3, -0.25) is 9.55 Å². The van der Waals surface area contributed by atoms with Crippen LogP contribution < -0.4 is 11.4 Å². The van der Waals surface area contributed by atoms with E-state index in [1.54, 1.807) is 12.3 Å². The molecular formula is C21H18BrCl2N5O3S. The topological polar surface area (TPSA) is 113 Å². The number of benzene rings is 1. The first-order valence-electron chi connectivity index (χ1n) is 10.2. The molecule has 0 spiro atoms. The van der Waals surface area contributed by atoms with Gasteiger partial charge in [0.15, 0.2) is 5.65 Å². The van der Waals surface area contributed by atoms with Crippen LogP contribution >= 0.6 is 39.1 Å². The van der Waals surface area contributed by atoms with Crippen LogP contribution in [0.15, 0.2) is 50.8 Å². The fraction of sp³-hybridized carbons (Fsp3) is 0.286. The van der Waals surface area contributed by atoms with Crippen LogP contribution in [-0.4, -0.2) is 33.0 Å². The van der Waals surface area contributed by atoms with Gasteiger partial charge in [0.2, 0.25) is 0 Å². The molecule has 3 heterocycles. The summed E-state index contributed by atoms with van der Waals surface area (Å²) < 4.78 is 30.0. The van der Waals surface area contributed by atoms with Gasteiger partial charge in [-0.1, -0.05) is 23.2 Å². The molecule has 12 heteroatoms. The van der Waals surface area contributed by atoms with E-state index in [4.69, 9.17) is 28.9 Å². The summed E-state index contributed by atoms with van der Waals surface area (Å²) in [6, 6.07) is 7.33. The quantitative estimate of drug-likeness (QED) is 0.363. The Bertz CT molecular complexity index is 1580. The summed E-state index contributed by atoms with van der Waals surface area (Å²) in [6.45, 7) is 0. The summed E-state index contributed by atoms with van der Waals surface area (Å²) in [5.74, 6) is 0. The van der Waals surface area contributed by atoms with Crippen LogP contribution in [-0.2, 0) is 10.0 Å². The van der Waals surface area contributed by atoms with Gasteiger partial charge in [-0.2, -0.15) is 3.97 Å². The number of hydrogen-bond acceptors (Lipinski definition) is 6. The van der Waals surface area contributed by atoms with Gasteiger partial charge in [0, 0.05) is 23.7 Å². The van der Waals surface area contributed by atoms with Gasteiger partial charge in [-0.15, -0.1) is 0 Å². The first-order valence-corrected chi connectivity index (χ1v) is 13.2. The maximum Gasteiger partial charge on any atom is 0.344 e. The Morgan fingerprint density at radius 1 is 1.09 bits per heavy atom. The molecule has 8 nitrogen and oxygen atoms in total. The van der Waals surface area contributed by atoms with E-state index >= 15 is 0 Å². The molecule has 0 saturated heterocycles. The number of halogens is 3. The fourth-order valence-corrected chi connectivity index (χ4v) is 6.59. The first kappa shape index (κ1) is 22.8. The van der Waals surface area contributed by atoms with Crippen molar-refractivity contribution >= 4 is 71.2 Å². The Balaban J connectivity index is 1.88. The van der Waals surface area contributed by atoms with Crippen molar-refractivity contribution in [2.24, 2.45) is 5.73 Å². The number of fused-ring (bicyclic) bond motifs is 3. The van der Waals surface area contributed by atoms with E-state index in [-0.39, 0.29) is 32.7 Å². The average Bonchev–Trinajstić information content (AvgIpc) is 3.08. The highest BCUT2D eigenvalue weighted by Crippen LogP contribution is 2.35. The molecule has 5 rings (SSSR count). The van der Waals surface area contributed by atoms with E-state index in [9.17, 15) is 13.2 Å². The van der Waals surface area contributed by atoms with Gasteiger partial charge in [0.1, 0.15) is 15.6 Å². The molecular weight excluding hydrogens is 553 g/mol. The van der Waals surface area contributed by atoms with E-state index < -0.39 is 15.7 Å². The van der Waals surface area contributed by atoms with Crippen molar-refractivity contribution in [3.05, 3.63) is 61.7 Å². The third kappa shape index (κ3) is 3.68. The van der Waals surface area contributed by atoms with Crippen LogP contribution in [0.1, 0.15) is 31.7 Å². The molecule has 1 fully saturated rings. The standard InChI is InChI=1S/C21H18BrCl2N5O3S/c22-19-14-2-1-9-26-17(14)18-20(27-19)29(21(30)28(18)12-5-3-11(25)4-6-12)33(31,32)13-7-8-15(23)16(24)10-13/h1-2,7-12H,3-6,25H2. The molecule has 1 aromatic carbocycles. The Labute approximate surface area is 207 Å². The average molecular weight is 571 g/mol. The molecule has 0 radical (unpaired) electrons. The molecule has 0 atom stereocenters. The van der Waals surface area contributed by atoms with Gasteiger partial charge in [-0.25, -0.2) is 18.2 Å². The number of imidazole rings is 1. The van der Waals surface area contributed by atoms with Gasteiger partial charge in [0.25, 0.3) is 10.0 Å². The minimum atomic E-state index is -4.35. The second-order valence-corrected chi connectivity index (χ2v) is 11.4. The lowest BCUT2D eigenvalue weighted by Gasteiger charge is -2.27. The first-order chi connectivity index (χ1) is 15.7. The number of nitrogens with two attached hydrogens (primary N) is 1. The molecule has 33 heavy (non-hydrogen) atoms. The predicted molar refractivity (Wildman–Crippen MR) is 132 cm³/mol. The molecule has 0 amide bonds. The van der Waals surface area contributed by atoms with Crippen LogP contribution in [0, 0.1) is 0 Å².